The normalized spacial score (nSPS) is 9.40. The number of ether oxygens (including phenoxy) is 1. The summed E-state index contributed by atoms with van der Waals surface area (Å²) in [7, 11) is 1.28. The summed E-state index contributed by atoms with van der Waals surface area (Å²) >= 11 is 5.88. The summed E-state index contributed by atoms with van der Waals surface area (Å²) in [4.78, 5) is 11.1. The van der Waals surface area contributed by atoms with E-state index >= 15 is 0 Å². The van der Waals surface area contributed by atoms with Gasteiger partial charge in [-0.05, 0) is 17.7 Å². The number of benzene rings is 1. The fourth-order valence-electron chi connectivity index (χ4n) is 1.15. The zero-order valence-electron chi connectivity index (χ0n) is 8.08. The Kier molecular flexibility index (Phi) is 3.53. The average Bonchev–Trinajstić information content (AvgIpc) is 2.21. The third-order valence-electron chi connectivity index (χ3n) is 1.89. The molecule has 1 aromatic rings. The Morgan fingerprint density at radius 3 is 2.87 bits per heavy atom. The summed E-state index contributed by atoms with van der Waals surface area (Å²) < 4.78 is 4.50. The van der Waals surface area contributed by atoms with Crippen LogP contribution in [0.1, 0.15) is 11.1 Å². The second kappa shape index (κ2) is 4.67. The van der Waals surface area contributed by atoms with Crippen LogP contribution in [0.4, 0.5) is 5.69 Å². The minimum Gasteiger partial charge on any atom is -0.469 e. The predicted octanol–water partition coefficient (Wildman–Crippen LogP) is 1.51. The molecule has 0 unspecified atom stereocenters. The zero-order chi connectivity index (χ0) is 11.4. The molecule has 1 rings (SSSR count). The van der Waals surface area contributed by atoms with E-state index in [0.717, 1.165) is 0 Å². The van der Waals surface area contributed by atoms with E-state index in [1.807, 2.05) is 6.07 Å². The highest BCUT2D eigenvalue weighted by Crippen LogP contribution is 2.24. The van der Waals surface area contributed by atoms with E-state index in [4.69, 9.17) is 22.6 Å². The Labute approximate surface area is 92.2 Å². The molecule has 0 heterocycles. The van der Waals surface area contributed by atoms with Gasteiger partial charge in [-0.1, -0.05) is 11.6 Å². The third kappa shape index (κ3) is 2.61. The molecule has 1 aromatic carbocycles. The summed E-state index contributed by atoms with van der Waals surface area (Å²) in [6, 6.07) is 4.91. The van der Waals surface area contributed by atoms with Crippen molar-refractivity contribution in [1.82, 2.24) is 0 Å². The monoisotopic (exact) mass is 224 g/mol. The van der Waals surface area contributed by atoms with E-state index in [2.05, 4.69) is 4.74 Å². The molecule has 0 aliphatic rings. The highest BCUT2D eigenvalue weighted by Gasteiger charge is 2.12. The van der Waals surface area contributed by atoms with Crippen molar-refractivity contribution in [3.63, 3.8) is 0 Å². The number of nitrogens with zero attached hydrogens (tertiary/aromatic N) is 1. The molecule has 5 heteroatoms. The van der Waals surface area contributed by atoms with E-state index in [-0.39, 0.29) is 6.42 Å². The number of esters is 1. The first-order valence-corrected chi connectivity index (χ1v) is 4.51. The Hall–Kier alpha value is -1.73. The third-order valence-corrected chi connectivity index (χ3v) is 2.22. The Morgan fingerprint density at radius 1 is 1.67 bits per heavy atom. The maximum absolute atomic E-state index is 11.1. The van der Waals surface area contributed by atoms with Gasteiger partial charge in [-0.25, -0.2) is 0 Å². The van der Waals surface area contributed by atoms with Crippen LogP contribution in [0.5, 0.6) is 0 Å². The highest BCUT2D eigenvalue weighted by atomic mass is 35.5. The first-order chi connectivity index (χ1) is 7.08. The maximum atomic E-state index is 11.1. The SMILES string of the molecule is COC(=O)Cc1c(Cl)cc(N)cc1C#N. The molecule has 0 saturated carbocycles. The summed E-state index contributed by atoms with van der Waals surface area (Å²) in [6.45, 7) is 0. The number of hydrogen-bond acceptors (Lipinski definition) is 4. The standard InChI is InChI=1S/C10H9ClN2O2/c1-15-10(14)4-8-6(5-12)2-7(13)3-9(8)11/h2-3H,4,13H2,1H3. The first kappa shape index (κ1) is 11.3. The van der Waals surface area contributed by atoms with E-state index in [0.29, 0.717) is 21.8 Å². The number of carbonyl (C=O) groups excluding carboxylic acids is 1. The second-order valence-corrected chi connectivity index (χ2v) is 3.30. The smallest absolute Gasteiger partial charge is 0.310 e. The molecule has 0 bridgehead atoms. The lowest BCUT2D eigenvalue weighted by atomic mass is 10.0. The molecule has 0 spiro atoms. The number of nitriles is 1. The Balaban J connectivity index is 3.17. The number of rotatable bonds is 2. The van der Waals surface area contributed by atoms with Crippen molar-refractivity contribution in [3.05, 3.63) is 28.3 Å². The number of halogens is 1. The van der Waals surface area contributed by atoms with Crippen molar-refractivity contribution in [2.75, 3.05) is 12.8 Å². The molecule has 15 heavy (non-hydrogen) atoms. The fourth-order valence-corrected chi connectivity index (χ4v) is 1.45. The van der Waals surface area contributed by atoms with Crippen molar-refractivity contribution >= 4 is 23.3 Å². The van der Waals surface area contributed by atoms with E-state index in [9.17, 15) is 4.79 Å². The molecule has 0 aliphatic carbocycles. The number of nitrogen functional groups attached to an aromatic ring is 1. The Morgan fingerprint density at radius 2 is 2.33 bits per heavy atom. The van der Waals surface area contributed by atoms with Gasteiger partial charge in [0.1, 0.15) is 0 Å². The molecule has 4 nitrogen and oxygen atoms in total. The van der Waals surface area contributed by atoms with Crippen molar-refractivity contribution < 1.29 is 9.53 Å². The van der Waals surface area contributed by atoms with E-state index < -0.39 is 5.97 Å². The molecule has 0 atom stereocenters. The number of hydrogen-bond donors (Lipinski definition) is 1. The van der Waals surface area contributed by atoms with Crippen molar-refractivity contribution in [1.29, 1.82) is 5.26 Å². The van der Waals surface area contributed by atoms with Gasteiger partial charge in [0.05, 0.1) is 25.2 Å². The predicted molar refractivity (Wildman–Crippen MR) is 56.3 cm³/mol. The molecule has 2 N–H and O–H groups in total. The molecule has 0 radical (unpaired) electrons. The van der Waals surface area contributed by atoms with Gasteiger partial charge in [-0.3, -0.25) is 4.79 Å². The zero-order valence-corrected chi connectivity index (χ0v) is 8.84. The summed E-state index contributed by atoms with van der Waals surface area (Å²) in [5.74, 6) is -0.446. The van der Waals surface area contributed by atoms with Gasteiger partial charge < -0.3 is 10.5 Å². The van der Waals surface area contributed by atoms with Gasteiger partial charge in [-0.15, -0.1) is 0 Å². The molecular weight excluding hydrogens is 216 g/mol. The summed E-state index contributed by atoms with van der Waals surface area (Å²) in [5.41, 5.74) is 6.65. The van der Waals surface area contributed by atoms with Crippen molar-refractivity contribution in [2.45, 2.75) is 6.42 Å². The molecule has 78 valence electrons. The highest BCUT2D eigenvalue weighted by molar-refractivity contribution is 6.32. The van der Waals surface area contributed by atoms with Gasteiger partial charge >= 0.3 is 5.97 Å². The van der Waals surface area contributed by atoms with Crippen LogP contribution in [-0.2, 0) is 16.0 Å². The van der Waals surface area contributed by atoms with Crippen LogP contribution in [0.15, 0.2) is 12.1 Å². The fraction of sp³-hybridized carbons (Fsp3) is 0.200. The van der Waals surface area contributed by atoms with Crippen molar-refractivity contribution in [3.8, 4) is 6.07 Å². The molecule has 0 aromatic heterocycles. The van der Waals surface area contributed by atoms with Crippen LogP contribution in [-0.4, -0.2) is 13.1 Å². The molecule has 0 amide bonds. The quantitative estimate of drug-likeness (QED) is 0.610. The lowest BCUT2D eigenvalue weighted by molar-refractivity contribution is -0.139. The van der Waals surface area contributed by atoms with Gasteiger partial charge in [0.2, 0.25) is 0 Å². The van der Waals surface area contributed by atoms with Gasteiger partial charge in [0.25, 0.3) is 0 Å². The number of anilines is 1. The lowest BCUT2D eigenvalue weighted by Crippen LogP contribution is -2.07. The van der Waals surface area contributed by atoms with E-state index in [1.54, 1.807) is 0 Å². The minimum atomic E-state index is -0.446. The van der Waals surface area contributed by atoms with Crippen LogP contribution in [0.25, 0.3) is 0 Å². The van der Waals surface area contributed by atoms with Gasteiger partial charge in [-0.2, -0.15) is 5.26 Å². The number of carbonyl (C=O) groups is 1. The van der Waals surface area contributed by atoms with E-state index in [1.165, 1.54) is 19.2 Å². The maximum Gasteiger partial charge on any atom is 0.310 e. The molecule has 0 aliphatic heterocycles. The number of nitrogens with two attached hydrogens (primary N) is 1. The first-order valence-electron chi connectivity index (χ1n) is 4.13. The molecular formula is C10H9ClN2O2. The molecule has 0 fully saturated rings. The second-order valence-electron chi connectivity index (χ2n) is 2.89. The summed E-state index contributed by atoms with van der Waals surface area (Å²) in [6.07, 6.45) is -0.0293. The largest absolute Gasteiger partial charge is 0.469 e. The summed E-state index contributed by atoms with van der Waals surface area (Å²) in [5, 5.41) is 9.14. The number of methoxy groups -OCH3 is 1. The van der Waals surface area contributed by atoms with Crippen LogP contribution in [0, 0.1) is 11.3 Å². The van der Waals surface area contributed by atoms with Crippen LogP contribution in [0.3, 0.4) is 0 Å². The van der Waals surface area contributed by atoms with Gasteiger partial charge in [0, 0.05) is 10.7 Å². The van der Waals surface area contributed by atoms with Crippen LogP contribution in [0.2, 0.25) is 5.02 Å². The van der Waals surface area contributed by atoms with Crippen molar-refractivity contribution in [2.24, 2.45) is 0 Å². The average molecular weight is 225 g/mol. The van der Waals surface area contributed by atoms with Crippen LogP contribution >= 0.6 is 11.6 Å². The van der Waals surface area contributed by atoms with Crippen LogP contribution < -0.4 is 5.73 Å². The topological polar surface area (TPSA) is 76.1 Å². The van der Waals surface area contributed by atoms with Gasteiger partial charge in [0.15, 0.2) is 0 Å². The Bertz CT molecular complexity index is 438. The lowest BCUT2D eigenvalue weighted by Gasteiger charge is -2.06. The minimum absolute atomic E-state index is 0.0293. The molecule has 0 saturated heterocycles.